The molecule has 0 unspecified atom stereocenters. The van der Waals surface area contributed by atoms with Crippen LogP contribution in [-0.2, 0) is 19.1 Å². The topological polar surface area (TPSA) is 65.5 Å². The number of rotatable bonds is 4. The zero-order chi connectivity index (χ0) is 23.1. The van der Waals surface area contributed by atoms with Crippen molar-refractivity contribution in [2.75, 3.05) is 7.11 Å². The second-order valence-electron chi connectivity index (χ2n) is 8.57. The van der Waals surface area contributed by atoms with Crippen molar-refractivity contribution < 1.29 is 19.1 Å². The molecule has 2 aromatic rings. The number of ketones is 1. The Labute approximate surface area is 192 Å². The fourth-order valence-corrected chi connectivity index (χ4v) is 4.44. The highest BCUT2D eigenvalue weighted by molar-refractivity contribution is 6.36. The Bertz CT molecular complexity index is 1100. The van der Waals surface area contributed by atoms with Gasteiger partial charge < -0.3 is 9.47 Å². The summed E-state index contributed by atoms with van der Waals surface area (Å²) < 4.78 is 11.0. The Morgan fingerprint density at radius 2 is 1.81 bits per heavy atom. The van der Waals surface area contributed by atoms with Crippen LogP contribution < -0.4 is 0 Å². The maximum Gasteiger partial charge on any atom is 0.309 e. The number of aryl methyl sites for hydroxylation is 1. The van der Waals surface area contributed by atoms with Crippen LogP contribution in [0.15, 0.2) is 36.0 Å². The molecule has 5 nitrogen and oxygen atoms in total. The summed E-state index contributed by atoms with van der Waals surface area (Å²) in [5.41, 5.74) is 2.03. The number of Topliss-reactive ketones (excluding diaryl/α,β-unsaturated/α-hetero) is 1. The second kappa shape index (κ2) is 8.38. The first-order valence-corrected chi connectivity index (χ1v) is 10.6. The number of hydrogen-bond donors (Lipinski definition) is 0. The molecule has 1 aliphatic rings. The average Bonchev–Trinajstić information content (AvgIpc) is 2.67. The van der Waals surface area contributed by atoms with Gasteiger partial charge in [0, 0.05) is 17.3 Å². The standard InChI is InChI=1S/C24H25Cl2NO4/c1-13-7-8-14(21-18(26)10-15(25)12-27-21)9-16(13)20-17(11-19(28)30-6)23(2,3)31-24(4,5)22(20)29/h7-10,12H,11H2,1-6H3. The van der Waals surface area contributed by atoms with E-state index in [1.807, 2.05) is 39.0 Å². The summed E-state index contributed by atoms with van der Waals surface area (Å²) in [5.74, 6) is -0.631. The maximum atomic E-state index is 13.5. The molecule has 0 bridgehead atoms. The fraction of sp³-hybridized carbons (Fsp3) is 0.375. The second-order valence-corrected chi connectivity index (χ2v) is 9.42. The van der Waals surface area contributed by atoms with Gasteiger partial charge in [-0.1, -0.05) is 35.3 Å². The van der Waals surface area contributed by atoms with Gasteiger partial charge in [0.1, 0.15) is 5.60 Å². The van der Waals surface area contributed by atoms with Crippen LogP contribution in [0.2, 0.25) is 10.0 Å². The van der Waals surface area contributed by atoms with Gasteiger partial charge in [0.05, 0.1) is 34.9 Å². The molecular weight excluding hydrogens is 437 g/mol. The van der Waals surface area contributed by atoms with E-state index in [1.165, 1.54) is 13.3 Å². The van der Waals surface area contributed by atoms with Crippen LogP contribution in [0.1, 0.15) is 45.2 Å². The number of aromatic nitrogens is 1. The summed E-state index contributed by atoms with van der Waals surface area (Å²) in [6.07, 6.45) is 1.47. The lowest BCUT2D eigenvalue weighted by Crippen LogP contribution is -2.50. The van der Waals surface area contributed by atoms with Crippen LogP contribution in [0.5, 0.6) is 0 Å². The predicted octanol–water partition coefficient (Wildman–Crippen LogP) is 5.84. The number of hydrogen-bond acceptors (Lipinski definition) is 5. The predicted molar refractivity (Wildman–Crippen MR) is 122 cm³/mol. The van der Waals surface area contributed by atoms with Gasteiger partial charge in [-0.15, -0.1) is 0 Å². The molecule has 0 N–H and O–H groups in total. The molecule has 0 spiro atoms. The Morgan fingerprint density at radius 1 is 1.13 bits per heavy atom. The minimum atomic E-state index is -1.06. The van der Waals surface area contributed by atoms with Crippen molar-refractivity contribution in [2.45, 2.75) is 52.2 Å². The van der Waals surface area contributed by atoms with E-state index in [1.54, 1.807) is 19.9 Å². The van der Waals surface area contributed by atoms with E-state index in [0.717, 1.165) is 11.1 Å². The van der Waals surface area contributed by atoms with Crippen LogP contribution in [-0.4, -0.2) is 35.0 Å². The van der Waals surface area contributed by atoms with Crippen molar-refractivity contribution in [1.82, 2.24) is 4.98 Å². The molecule has 0 saturated carbocycles. The number of pyridine rings is 1. The molecule has 1 aromatic heterocycles. The number of nitrogens with zero attached hydrogens (tertiary/aromatic N) is 1. The SMILES string of the molecule is COC(=O)CC1=C(c2cc(-c3ncc(Cl)cc3Cl)ccc2C)C(=O)C(C)(C)OC1(C)C. The van der Waals surface area contributed by atoms with Crippen LogP contribution in [0.4, 0.5) is 0 Å². The molecule has 1 aliphatic heterocycles. The summed E-state index contributed by atoms with van der Waals surface area (Å²) in [7, 11) is 1.32. The summed E-state index contributed by atoms with van der Waals surface area (Å²) in [6.45, 7) is 9.11. The largest absolute Gasteiger partial charge is 0.469 e. The van der Waals surface area contributed by atoms with Gasteiger partial charge in [-0.2, -0.15) is 0 Å². The summed E-state index contributed by atoms with van der Waals surface area (Å²) in [6, 6.07) is 7.29. The lowest BCUT2D eigenvalue weighted by molar-refractivity contribution is -0.154. The van der Waals surface area contributed by atoms with Gasteiger partial charge in [-0.25, -0.2) is 0 Å². The highest BCUT2D eigenvalue weighted by Crippen LogP contribution is 2.44. The first-order valence-electron chi connectivity index (χ1n) is 9.85. The van der Waals surface area contributed by atoms with E-state index in [0.29, 0.717) is 32.4 Å². The molecule has 3 rings (SSSR count). The highest BCUT2D eigenvalue weighted by atomic mass is 35.5. The van der Waals surface area contributed by atoms with Gasteiger partial charge in [0.25, 0.3) is 0 Å². The number of ether oxygens (including phenoxy) is 2. The fourth-order valence-electron chi connectivity index (χ4n) is 3.95. The Kier molecular flexibility index (Phi) is 6.34. The zero-order valence-corrected chi connectivity index (χ0v) is 19.9. The Morgan fingerprint density at radius 3 is 2.42 bits per heavy atom. The number of methoxy groups -OCH3 is 1. The molecule has 0 saturated heterocycles. The van der Waals surface area contributed by atoms with E-state index in [-0.39, 0.29) is 12.2 Å². The van der Waals surface area contributed by atoms with Gasteiger partial charge >= 0.3 is 5.97 Å². The molecule has 7 heteroatoms. The van der Waals surface area contributed by atoms with Gasteiger partial charge in [0.2, 0.25) is 0 Å². The summed E-state index contributed by atoms with van der Waals surface area (Å²) in [5, 5.41) is 0.845. The van der Waals surface area contributed by atoms with Crippen LogP contribution in [0.25, 0.3) is 16.8 Å². The van der Waals surface area contributed by atoms with E-state index < -0.39 is 17.2 Å². The molecule has 2 heterocycles. The van der Waals surface area contributed by atoms with Crippen molar-refractivity contribution in [3.8, 4) is 11.3 Å². The third-order valence-electron chi connectivity index (χ3n) is 5.45. The lowest BCUT2D eigenvalue weighted by atomic mass is 9.76. The minimum Gasteiger partial charge on any atom is -0.469 e. The van der Waals surface area contributed by atoms with E-state index in [4.69, 9.17) is 32.7 Å². The molecule has 31 heavy (non-hydrogen) atoms. The van der Waals surface area contributed by atoms with Crippen molar-refractivity contribution in [3.05, 3.63) is 57.2 Å². The third kappa shape index (κ3) is 4.54. The van der Waals surface area contributed by atoms with Crippen molar-refractivity contribution >= 4 is 40.5 Å². The lowest BCUT2D eigenvalue weighted by Gasteiger charge is -2.43. The van der Waals surface area contributed by atoms with E-state index in [9.17, 15) is 9.59 Å². The Balaban J connectivity index is 2.29. The molecule has 0 aliphatic carbocycles. The van der Waals surface area contributed by atoms with Gasteiger partial charge in [0.15, 0.2) is 5.78 Å². The molecular formula is C24H25Cl2NO4. The normalized spacial score (nSPS) is 17.6. The molecule has 0 atom stereocenters. The highest BCUT2D eigenvalue weighted by Gasteiger charge is 2.47. The quantitative estimate of drug-likeness (QED) is 0.535. The van der Waals surface area contributed by atoms with Crippen molar-refractivity contribution in [2.24, 2.45) is 0 Å². The van der Waals surface area contributed by atoms with Crippen LogP contribution >= 0.6 is 23.2 Å². The average molecular weight is 462 g/mol. The maximum absolute atomic E-state index is 13.5. The third-order valence-corrected chi connectivity index (χ3v) is 5.94. The molecule has 164 valence electrons. The number of carbonyl (C=O) groups is 2. The van der Waals surface area contributed by atoms with Gasteiger partial charge in [-0.05, 0) is 63.5 Å². The molecule has 0 amide bonds. The smallest absolute Gasteiger partial charge is 0.309 e. The van der Waals surface area contributed by atoms with E-state index >= 15 is 0 Å². The molecule has 0 radical (unpaired) electrons. The first kappa shape index (κ1) is 23.5. The molecule has 0 fully saturated rings. The first-order chi connectivity index (χ1) is 14.4. The number of esters is 1. The summed E-state index contributed by atoms with van der Waals surface area (Å²) >= 11 is 12.4. The van der Waals surface area contributed by atoms with E-state index in [2.05, 4.69) is 4.98 Å². The number of halogens is 2. The van der Waals surface area contributed by atoms with Gasteiger partial charge in [-0.3, -0.25) is 14.6 Å². The minimum absolute atomic E-state index is 0.0513. The Hall–Kier alpha value is -2.21. The van der Waals surface area contributed by atoms with Crippen LogP contribution in [0, 0.1) is 6.92 Å². The summed E-state index contributed by atoms with van der Waals surface area (Å²) in [4.78, 5) is 30.1. The number of carbonyl (C=O) groups excluding carboxylic acids is 2. The molecule has 1 aromatic carbocycles. The monoisotopic (exact) mass is 461 g/mol. The van der Waals surface area contributed by atoms with Crippen molar-refractivity contribution in [3.63, 3.8) is 0 Å². The number of benzene rings is 1. The van der Waals surface area contributed by atoms with Crippen molar-refractivity contribution in [1.29, 1.82) is 0 Å². The zero-order valence-electron chi connectivity index (χ0n) is 18.4. The van der Waals surface area contributed by atoms with Crippen LogP contribution in [0.3, 0.4) is 0 Å².